The quantitative estimate of drug-likeness (QED) is 0.872. The highest BCUT2D eigenvalue weighted by molar-refractivity contribution is 9.10. The van der Waals surface area contributed by atoms with Crippen LogP contribution in [-0.4, -0.2) is 24.9 Å². The lowest BCUT2D eigenvalue weighted by Gasteiger charge is -2.24. The molecule has 2 rings (SSSR count). The normalized spacial score (nSPS) is 24.4. The van der Waals surface area contributed by atoms with Crippen LogP contribution in [0.1, 0.15) is 37.8 Å². The molecule has 0 heterocycles. The third-order valence-corrected chi connectivity index (χ3v) is 4.65. The van der Waals surface area contributed by atoms with Crippen LogP contribution in [0.3, 0.4) is 0 Å². The highest BCUT2D eigenvalue weighted by atomic mass is 79.9. The summed E-state index contributed by atoms with van der Waals surface area (Å²) in [7, 11) is 1.67. The molecule has 0 amide bonds. The van der Waals surface area contributed by atoms with E-state index in [1.807, 2.05) is 6.07 Å². The summed E-state index contributed by atoms with van der Waals surface area (Å²) in [5, 5.41) is 13.0. The SMILES string of the molecule is COc1ccc(C(C)NC2CCCC2CO)cc1Br. The molecule has 3 nitrogen and oxygen atoms in total. The smallest absolute Gasteiger partial charge is 0.133 e. The number of rotatable bonds is 5. The summed E-state index contributed by atoms with van der Waals surface area (Å²) >= 11 is 3.52. The van der Waals surface area contributed by atoms with Gasteiger partial charge in [0.15, 0.2) is 0 Å². The molecular weight excluding hydrogens is 306 g/mol. The molecule has 3 atom stereocenters. The highest BCUT2D eigenvalue weighted by Gasteiger charge is 2.27. The van der Waals surface area contributed by atoms with Crippen molar-refractivity contribution < 1.29 is 9.84 Å². The van der Waals surface area contributed by atoms with Crippen molar-refractivity contribution in [2.75, 3.05) is 13.7 Å². The molecule has 0 aliphatic heterocycles. The van der Waals surface area contributed by atoms with E-state index >= 15 is 0 Å². The van der Waals surface area contributed by atoms with Crippen molar-refractivity contribution in [1.82, 2.24) is 5.32 Å². The lowest BCUT2D eigenvalue weighted by Crippen LogP contribution is -2.35. The summed E-state index contributed by atoms with van der Waals surface area (Å²) in [6, 6.07) is 6.87. The van der Waals surface area contributed by atoms with Crippen molar-refractivity contribution in [3.05, 3.63) is 28.2 Å². The molecule has 1 aromatic rings. The van der Waals surface area contributed by atoms with E-state index in [0.29, 0.717) is 12.0 Å². The Morgan fingerprint density at radius 2 is 2.26 bits per heavy atom. The second kappa shape index (κ2) is 6.73. The second-order valence-corrected chi connectivity index (χ2v) is 6.12. The predicted molar refractivity (Wildman–Crippen MR) is 80.5 cm³/mol. The van der Waals surface area contributed by atoms with Crippen molar-refractivity contribution >= 4 is 15.9 Å². The molecule has 0 aromatic heterocycles. The molecule has 106 valence electrons. The first kappa shape index (κ1) is 14.8. The Labute approximate surface area is 123 Å². The van der Waals surface area contributed by atoms with E-state index in [-0.39, 0.29) is 12.6 Å². The number of hydrogen-bond acceptors (Lipinski definition) is 3. The average molecular weight is 328 g/mol. The maximum atomic E-state index is 9.37. The fourth-order valence-electron chi connectivity index (χ4n) is 2.84. The molecular formula is C15H22BrNO2. The molecule has 0 spiro atoms. The zero-order valence-corrected chi connectivity index (χ0v) is 13.1. The molecule has 0 saturated heterocycles. The molecule has 1 aliphatic carbocycles. The van der Waals surface area contributed by atoms with E-state index in [9.17, 15) is 5.11 Å². The van der Waals surface area contributed by atoms with Gasteiger partial charge in [0.2, 0.25) is 0 Å². The van der Waals surface area contributed by atoms with Crippen molar-refractivity contribution in [2.24, 2.45) is 5.92 Å². The van der Waals surface area contributed by atoms with Crippen LogP contribution in [-0.2, 0) is 0 Å². The van der Waals surface area contributed by atoms with E-state index in [0.717, 1.165) is 23.1 Å². The van der Waals surface area contributed by atoms with Crippen molar-refractivity contribution in [2.45, 2.75) is 38.3 Å². The third-order valence-electron chi connectivity index (χ3n) is 4.03. The number of hydrogen-bond donors (Lipinski definition) is 2. The number of aliphatic hydroxyl groups is 1. The Balaban J connectivity index is 2.03. The van der Waals surface area contributed by atoms with Gasteiger partial charge < -0.3 is 15.2 Å². The fraction of sp³-hybridized carbons (Fsp3) is 0.600. The van der Waals surface area contributed by atoms with Crippen molar-refractivity contribution in [3.63, 3.8) is 0 Å². The number of halogens is 1. The van der Waals surface area contributed by atoms with Gasteiger partial charge in [0.05, 0.1) is 11.6 Å². The van der Waals surface area contributed by atoms with Gasteiger partial charge in [0.25, 0.3) is 0 Å². The standard InChI is InChI=1S/C15H22BrNO2/c1-10(17-14-5-3-4-12(14)9-18)11-6-7-15(19-2)13(16)8-11/h6-8,10,12,14,17-18H,3-5,9H2,1-2H3. The maximum Gasteiger partial charge on any atom is 0.133 e. The molecule has 1 aliphatic rings. The monoisotopic (exact) mass is 327 g/mol. The average Bonchev–Trinajstić information content (AvgIpc) is 2.85. The van der Waals surface area contributed by atoms with E-state index < -0.39 is 0 Å². The number of ether oxygens (including phenoxy) is 1. The zero-order chi connectivity index (χ0) is 13.8. The highest BCUT2D eigenvalue weighted by Crippen LogP contribution is 2.30. The van der Waals surface area contributed by atoms with Crippen LogP contribution >= 0.6 is 15.9 Å². The Kier molecular flexibility index (Phi) is 5.25. The number of nitrogens with one attached hydrogen (secondary N) is 1. The summed E-state index contributed by atoms with van der Waals surface area (Å²) in [5.41, 5.74) is 1.23. The largest absolute Gasteiger partial charge is 0.496 e. The minimum Gasteiger partial charge on any atom is -0.496 e. The zero-order valence-electron chi connectivity index (χ0n) is 11.5. The van der Waals surface area contributed by atoms with Crippen molar-refractivity contribution in [3.8, 4) is 5.75 Å². The maximum absolute atomic E-state index is 9.37. The Hall–Kier alpha value is -0.580. The lowest BCUT2D eigenvalue weighted by atomic mass is 10.0. The van der Waals surface area contributed by atoms with Crippen LogP contribution in [0.15, 0.2) is 22.7 Å². The molecule has 4 heteroatoms. The second-order valence-electron chi connectivity index (χ2n) is 5.26. The first-order chi connectivity index (χ1) is 9.15. The van der Waals surface area contributed by atoms with Gasteiger partial charge in [-0.25, -0.2) is 0 Å². The Morgan fingerprint density at radius 1 is 1.47 bits per heavy atom. The first-order valence-electron chi connectivity index (χ1n) is 6.86. The van der Waals surface area contributed by atoms with Crippen LogP contribution in [0, 0.1) is 5.92 Å². The first-order valence-corrected chi connectivity index (χ1v) is 7.65. The van der Waals surface area contributed by atoms with Gasteiger partial charge in [0, 0.05) is 18.7 Å². The van der Waals surface area contributed by atoms with Gasteiger partial charge in [-0.3, -0.25) is 0 Å². The summed E-state index contributed by atoms with van der Waals surface area (Å²) in [6.07, 6.45) is 3.50. The van der Waals surface area contributed by atoms with Crippen molar-refractivity contribution in [1.29, 1.82) is 0 Å². The summed E-state index contributed by atoms with van der Waals surface area (Å²) in [4.78, 5) is 0. The Morgan fingerprint density at radius 3 is 2.89 bits per heavy atom. The van der Waals surface area contributed by atoms with E-state index in [1.165, 1.54) is 12.0 Å². The van der Waals surface area contributed by atoms with Gasteiger partial charge >= 0.3 is 0 Å². The summed E-state index contributed by atoms with van der Waals surface area (Å²) in [5.74, 6) is 1.26. The molecule has 1 aromatic carbocycles. The van der Waals surface area contributed by atoms with Gasteiger partial charge in [-0.15, -0.1) is 0 Å². The minimum absolute atomic E-state index is 0.277. The van der Waals surface area contributed by atoms with E-state index in [1.54, 1.807) is 7.11 Å². The molecule has 0 bridgehead atoms. The van der Waals surface area contributed by atoms with E-state index in [2.05, 4.69) is 40.3 Å². The molecule has 19 heavy (non-hydrogen) atoms. The number of methoxy groups -OCH3 is 1. The van der Waals surface area contributed by atoms with Gasteiger partial charge in [0.1, 0.15) is 5.75 Å². The fourth-order valence-corrected chi connectivity index (χ4v) is 3.40. The van der Waals surface area contributed by atoms with Gasteiger partial charge in [-0.2, -0.15) is 0 Å². The summed E-state index contributed by atoms with van der Waals surface area (Å²) < 4.78 is 6.23. The van der Waals surface area contributed by atoms with Crippen LogP contribution in [0.4, 0.5) is 0 Å². The summed E-state index contributed by atoms with van der Waals surface area (Å²) in [6.45, 7) is 2.46. The van der Waals surface area contributed by atoms with E-state index in [4.69, 9.17) is 4.74 Å². The van der Waals surface area contributed by atoms with Gasteiger partial charge in [-0.05, 0) is 59.3 Å². The van der Waals surface area contributed by atoms with Crippen LogP contribution < -0.4 is 10.1 Å². The predicted octanol–water partition coefficient (Wildman–Crippen LogP) is 3.27. The molecule has 0 radical (unpaired) electrons. The van der Waals surface area contributed by atoms with Crippen LogP contribution in [0.5, 0.6) is 5.75 Å². The number of benzene rings is 1. The molecule has 1 fully saturated rings. The Bertz CT molecular complexity index is 425. The molecule has 1 saturated carbocycles. The minimum atomic E-state index is 0.277. The van der Waals surface area contributed by atoms with Gasteiger partial charge in [-0.1, -0.05) is 12.5 Å². The van der Waals surface area contributed by atoms with Crippen LogP contribution in [0.25, 0.3) is 0 Å². The number of aliphatic hydroxyl groups excluding tert-OH is 1. The molecule has 3 unspecified atom stereocenters. The topological polar surface area (TPSA) is 41.5 Å². The lowest BCUT2D eigenvalue weighted by molar-refractivity contribution is 0.200. The van der Waals surface area contributed by atoms with Crippen LogP contribution in [0.2, 0.25) is 0 Å². The third kappa shape index (κ3) is 3.50. The molecule has 2 N–H and O–H groups in total.